The van der Waals surface area contributed by atoms with E-state index in [2.05, 4.69) is 5.32 Å². The summed E-state index contributed by atoms with van der Waals surface area (Å²) < 4.78 is 5.25. The molecule has 1 aliphatic heterocycles. The fourth-order valence-corrected chi connectivity index (χ4v) is 1.76. The summed E-state index contributed by atoms with van der Waals surface area (Å²) in [6.07, 6.45) is 1.39. The number of ether oxygens (including phenoxy) is 1. The Kier molecular flexibility index (Phi) is 4.74. The lowest BCUT2D eigenvalue weighted by Gasteiger charge is -2.37. The molecule has 0 aromatic heterocycles. The van der Waals surface area contributed by atoms with Crippen LogP contribution in [0, 0.1) is 11.8 Å². The van der Waals surface area contributed by atoms with Gasteiger partial charge in [-0.2, -0.15) is 0 Å². The molecule has 1 atom stereocenters. The molecule has 0 saturated carbocycles. The van der Waals surface area contributed by atoms with Gasteiger partial charge in [0.2, 0.25) is 5.91 Å². The molecule has 4 heteroatoms. The molecule has 0 aliphatic carbocycles. The Bertz CT molecular complexity index is 234. The van der Waals surface area contributed by atoms with Crippen LogP contribution in [0.2, 0.25) is 0 Å². The molecule has 1 amide bonds. The van der Waals surface area contributed by atoms with Crippen LogP contribution in [0.4, 0.5) is 0 Å². The Balaban J connectivity index is 2.58. The topological polar surface area (TPSA) is 58.6 Å². The van der Waals surface area contributed by atoms with Crippen molar-refractivity contribution in [2.45, 2.75) is 39.2 Å². The van der Waals surface area contributed by atoms with Crippen LogP contribution in [0.5, 0.6) is 0 Å². The predicted molar refractivity (Wildman–Crippen MR) is 62.0 cm³/mol. The number of hydrogen-bond donors (Lipinski definition) is 2. The first-order valence-electron chi connectivity index (χ1n) is 6.01. The average molecular weight is 229 g/mol. The number of carbonyl (C=O) groups excluding carboxylic acids is 1. The van der Waals surface area contributed by atoms with Crippen LogP contribution in [0.15, 0.2) is 0 Å². The van der Waals surface area contributed by atoms with Gasteiger partial charge in [0.15, 0.2) is 0 Å². The van der Waals surface area contributed by atoms with Crippen molar-refractivity contribution in [1.82, 2.24) is 5.32 Å². The summed E-state index contributed by atoms with van der Waals surface area (Å²) in [6.45, 7) is 7.19. The minimum atomic E-state index is -0.460. The minimum Gasteiger partial charge on any atom is -0.394 e. The largest absolute Gasteiger partial charge is 0.394 e. The van der Waals surface area contributed by atoms with Crippen molar-refractivity contribution in [2.24, 2.45) is 11.8 Å². The van der Waals surface area contributed by atoms with E-state index in [0.717, 1.165) is 0 Å². The zero-order chi connectivity index (χ0) is 12.2. The Hall–Kier alpha value is -0.610. The van der Waals surface area contributed by atoms with Gasteiger partial charge in [0, 0.05) is 19.1 Å². The van der Waals surface area contributed by atoms with E-state index in [1.807, 2.05) is 20.8 Å². The highest BCUT2D eigenvalue weighted by Crippen LogP contribution is 2.21. The van der Waals surface area contributed by atoms with E-state index in [9.17, 15) is 9.90 Å². The van der Waals surface area contributed by atoms with Crippen LogP contribution in [0.1, 0.15) is 33.6 Å². The Morgan fingerprint density at radius 1 is 1.38 bits per heavy atom. The number of aliphatic hydroxyl groups is 1. The molecular weight excluding hydrogens is 206 g/mol. The van der Waals surface area contributed by atoms with Gasteiger partial charge in [-0.25, -0.2) is 0 Å². The standard InChI is InChI=1S/C12H23NO3/c1-9(2)10(3)11(15)13-12(8-14)4-6-16-7-5-12/h9-10,14H,4-8H2,1-3H3,(H,13,15). The fraction of sp³-hybridized carbons (Fsp3) is 0.917. The Labute approximate surface area is 97.4 Å². The fourth-order valence-electron chi connectivity index (χ4n) is 1.76. The van der Waals surface area contributed by atoms with E-state index in [0.29, 0.717) is 32.0 Å². The number of nitrogens with one attached hydrogen (secondary N) is 1. The first kappa shape index (κ1) is 13.5. The maximum atomic E-state index is 12.0. The lowest BCUT2D eigenvalue weighted by atomic mass is 9.89. The van der Waals surface area contributed by atoms with Gasteiger partial charge in [-0.05, 0) is 18.8 Å². The summed E-state index contributed by atoms with van der Waals surface area (Å²) in [7, 11) is 0. The second-order valence-corrected chi connectivity index (χ2v) is 5.07. The molecule has 0 spiro atoms. The van der Waals surface area contributed by atoms with E-state index in [1.54, 1.807) is 0 Å². The molecule has 0 bridgehead atoms. The molecule has 1 unspecified atom stereocenters. The second kappa shape index (κ2) is 5.64. The molecule has 94 valence electrons. The van der Waals surface area contributed by atoms with Crippen molar-refractivity contribution in [1.29, 1.82) is 0 Å². The highest BCUT2D eigenvalue weighted by molar-refractivity contribution is 5.79. The van der Waals surface area contributed by atoms with Gasteiger partial charge >= 0.3 is 0 Å². The van der Waals surface area contributed by atoms with E-state index in [1.165, 1.54) is 0 Å². The van der Waals surface area contributed by atoms with Crippen molar-refractivity contribution in [2.75, 3.05) is 19.8 Å². The van der Waals surface area contributed by atoms with E-state index in [4.69, 9.17) is 4.74 Å². The van der Waals surface area contributed by atoms with Gasteiger partial charge < -0.3 is 15.2 Å². The number of aliphatic hydroxyl groups excluding tert-OH is 1. The number of rotatable bonds is 4. The van der Waals surface area contributed by atoms with Gasteiger partial charge in [-0.3, -0.25) is 4.79 Å². The molecule has 1 aliphatic rings. The maximum Gasteiger partial charge on any atom is 0.223 e. The number of carbonyl (C=O) groups is 1. The number of amides is 1. The van der Waals surface area contributed by atoms with Crippen LogP contribution in [-0.4, -0.2) is 36.4 Å². The Morgan fingerprint density at radius 3 is 2.38 bits per heavy atom. The highest BCUT2D eigenvalue weighted by Gasteiger charge is 2.34. The molecule has 4 nitrogen and oxygen atoms in total. The smallest absolute Gasteiger partial charge is 0.223 e. The zero-order valence-corrected chi connectivity index (χ0v) is 10.5. The van der Waals surface area contributed by atoms with Crippen molar-refractivity contribution in [3.05, 3.63) is 0 Å². The van der Waals surface area contributed by atoms with Crippen LogP contribution in [0.3, 0.4) is 0 Å². The van der Waals surface area contributed by atoms with Gasteiger partial charge in [-0.15, -0.1) is 0 Å². The molecule has 16 heavy (non-hydrogen) atoms. The monoisotopic (exact) mass is 229 g/mol. The summed E-state index contributed by atoms with van der Waals surface area (Å²) in [5.74, 6) is 0.327. The summed E-state index contributed by atoms with van der Waals surface area (Å²) >= 11 is 0. The predicted octanol–water partition coefficient (Wildman–Crippen LogP) is 0.936. The zero-order valence-electron chi connectivity index (χ0n) is 10.5. The minimum absolute atomic E-state index is 0.00703. The van der Waals surface area contributed by atoms with Crippen molar-refractivity contribution in [3.63, 3.8) is 0 Å². The number of hydrogen-bond acceptors (Lipinski definition) is 3. The third-order valence-corrected chi connectivity index (χ3v) is 3.55. The van der Waals surface area contributed by atoms with E-state index >= 15 is 0 Å². The Morgan fingerprint density at radius 2 is 1.94 bits per heavy atom. The second-order valence-electron chi connectivity index (χ2n) is 5.07. The molecule has 1 rings (SSSR count). The summed E-state index contributed by atoms with van der Waals surface area (Å²) in [6, 6.07) is 0. The molecular formula is C12H23NO3. The van der Waals surface area contributed by atoms with Crippen LogP contribution < -0.4 is 5.32 Å². The van der Waals surface area contributed by atoms with Gasteiger partial charge in [-0.1, -0.05) is 20.8 Å². The van der Waals surface area contributed by atoms with Crippen LogP contribution in [-0.2, 0) is 9.53 Å². The first-order valence-corrected chi connectivity index (χ1v) is 6.01. The van der Waals surface area contributed by atoms with Gasteiger partial charge in [0.05, 0.1) is 12.1 Å². The van der Waals surface area contributed by atoms with E-state index in [-0.39, 0.29) is 18.4 Å². The molecule has 0 aromatic rings. The van der Waals surface area contributed by atoms with Crippen molar-refractivity contribution >= 4 is 5.91 Å². The van der Waals surface area contributed by atoms with Crippen LogP contribution >= 0.6 is 0 Å². The molecule has 1 heterocycles. The SMILES string of the molecule is CC(C)C(C)C(=O)NC1(CO)CCOCC1. The lowest BCUT2D eigenvalue weighted by molar-refractivity contribution is -0.130. The quantitative estimate of drug-likeness (QED) is 0.754. The summed E-state index contributed by atoms with van der Waals surface area (Å²) in [4.78, 5) is 12.0. The maximum absolute atomic E-state index is 12.0. The summed E-state index contributed by atoms with van der Waals surface area (Å²) in [5.41, 5.74) is -0.460. The average Bonchev–Trinajstić information content (AvgIpc) is 2.29. The molecule has 1 saturated heterocycles. The third-order valence-electron chi connectivity index (χ3n) is 3.55. The first-order chi connectivity index (χ1) is 7.51. The van der Waals surface area contributed by atoms with Crippen molar-refractivity contribution < 1.29 is 14.6 Å². The molecule has 1 fully saturated rings. The summed E-state index contributed by atoms with van der Waals surface area (Å²) in [5, 5.41) is 12.4. The van der Waals surface area contributed by atoms with Crippen molar-refractivity contribution in [3.8, 4) is 0 Å². The third kappa shape index (κ3) is 3.19. The molecule has 2 N–H and O–H groups in total. The van der Waals surface area contributed by atoms with Gasteiger partial charge in [0.25, 0.3) is 0 Å². The van der Waals surface area contributed by atoms with E-state index < -0.39 is 5.54 Å². The highest BCUT2D eigenvalue weighted by atomic mass is 16.5. The van der Waals surface area contributed by atoms with Gasteiger partial charge in [0.1, 0.15) is 0 Å². The normalized spacial score (nSPS) is 21.8. The lowest BCUT2D eigenvalue weighted by Crippen LogP contribution is -2.56. The molecule has 0 aromatic carbocycles. The molecule has 0 radical (unpaired) electrons. The van der Waals surface area contributed by atoms with Crippen LogP contribution in [0.25, 0.3) is 0 Å².